The Morgan fingerprint density at radius 1 is 1.30 bits per heavy atom. The van der Waals surface area contributed by atoms with Crippen molar-refractivity contribution < 1.29 is 9.66 Å². The van der Waals surface area contributed by atoms with Gasteiger partial charge in [-0.2, -0.15) is 0 Å². The Hall–Kier alpha value is -2.27. The third-order valence-electron chi connectivity index (χ3n) is 3.19. The summed E-state index contributed by atoms with van der Waals surface area (Å²) in [4.78, 5) is 10.2. The zero-order chi connectivity index (χ0) is 14.1. The maximum absolute atomic E-state index is 10.7. The number of ether oxygens (including phenoxy) is 1. The van der Waals surface area contributed by atoms with Gasteiger partial charge < -0.3 is 10.1 Å². The van der Waals surface area contributed by atoms with Crippen LogP contribution in [0.3, 0.4) is 0 Å². The first-order valence-corrected chi connectivity index (χ1v) is 6.45. The van der Waals surface area contributed by atoms with Gasteiger partial charge in [0, 0.05) is 17.7 Å². The Balaban J connectivity index is 1.84. The number of benzene rings is 2. The van der Waals surface area contributed by atoms with E-state index in [0.717, 1.165) is 11.3 Å². The van der Waals surface area contributed by atoms with Crippen molar-refractivity contribution in [1.29, 1.82) is 0 Å². The van der Waals surface area contributed by atoms with Gasteiger partial charge in [0.25, 0.3) is 5.69 Å². The van der Waals surface area contributed by atoms with Gasteiger partial charge in [-0.15, -0.1) is 0 Å². The Labute approximate surface area is 120 Å². The molecule has 0 bridgehead atoms. The maximum atomic E-state index is 10.7. The molecule has 0 amide bonds. The second kappa shape index (κ2) is 5.02. The molecule has 5 nitrogen and oxygen atoms in total. The highest BCUT2D eigenvalue weighted by Gasteiger charge is 2.24. The van der Waals surface area contributed by atoms with Crippen LogP contribution < -0.4 is 10.1 Å². The lowest BCUT2D eigenvalue weighted by Crippen LogP contribution is -2.12. The molecule has 102 valence electrons. The van der Waals surface area contributed by atoms with Crippen LogP contribution in [-0.4, -0.2) is 11.5 Å². The third-order valence-corrected chi connectivity index (χ3v) is 3.51. The monoisotopic (exact) mass is 290 g/mol. The summed E-state index contributed by atoms with van der Waals surface area (Å²) < 4.78 is 5.57. The lowest BCUT2D eigenvalue weighted by molar-refractivity contribution is -0.384. The Kier molecular flexibility index (Phi) is 3.20. The van der Waals surface area contributed by atoms with E-state index in [1.54, 1.807) is 6.07 Å². The molecule has 1 unspecified atom stereocenters. The summed E-state index contributed by atoms with van der Waals surface area (Å²) in [6, 6.07) is 12.1. The lowest BCUT2D eigenvalue weighted by atomic mass is 10.1. The van der Waals surface area contributed by atoms with Crippen LogP contribution in [0.1, 0.15) is 11.6 Å². The van der Waals surface area contributed by atoms with Crippen LogP contribution in [0.5, 0.6) is 5.75 Å². The fourth-order valence-corrected chi connectivity index (χ4v) is 2.43. The van der Waals surface area contributed by atoms with Gasteiger partial charge in [-0.05, 0) is 12.1 Å². The van der Waals surface area contributed by atoms with Crippen molar-refractivity contribution in [1.82, 2.24) is 0 Å². The van der Waals surface area contributed by atoms with Crippen molar-refractivity contribution in [3.8, 4) is 5.75 Å². The molecule has 3 rings (SSSR count). The lowest BCUT2D eigenvalue weighted by Gasteiger charge is -2.14. The second-order valence-corrected chi connectivity index (χ2v) is 4.87. The Morgan fingerprint density at radius 3 is 2.85 bits per heavy atom. The van der Waals surface area contributed by atoms with Gasteiger partial charge in [0.15, 0.2) is 0 Å². The third kappa shape index (κ3) is 2.28. The molecule has 1 aliphatic heterocycles. The van der Waals surface area contributed by atoms with Gasteiger partial charge >= 0.3 is 0 Å². The molecule has 0 saturated carbocycles. The van der Waals surface area contributed by atoms with E-state index >= 15 is 0 Å². The van der Waals surface area contributed by atoms with Crippen LogP contribution >= 0.6 is 11.6 Å². The molecular weight excluding hydrogens is 280 g/mol. The molecule has 6 heteroatoms. The van der Waals surface area contributed by atoms with Crippen LogP contribution in [0, 0.1) is 10.1 Å². The zero-order valence-corrected chi connectivity index (χ0v) is 11.1. The molecule has 1 aliphatic rings. The maximum Gasteiger partial charge on any atom is 0.271 e. The predicted octanol–water partition coefficient (Wildman–Crippen LogP) is 3.79. The summed E-state index contributed by atoms with van der Waals surface area (Å²) in [5.74, 6) is 0.850. The zero-order valence-electron chi connectivity index (χ0n) is 10.4. The molecule has 20 heavy (non-hydrogen) atoms. The molecule has 1 N–H and O–H groups in total. The van der Waals surface area contributed by atoms with Gasteiger partial charge in [-0.1, -0.05) is 29.8 Å². The first-order valence-electron chi connectivity index (χ1n) is 6.07. The van der Waals surface area contributed by atoms with Crippen LogP contribution in [0.2, 0.25) is 5.02 Å². The van der Waals surface area contributed by atoms with Gasteiger partial charge in [-0.3, -0.25) is 10.1 Å². The summed E-state index contributed by atoms with van der Waals surface area (Å²) in [5.41, 5.74) is 1.69. The number of non-ortho nitro benzene ring substituents is 1. The largest absolute Gasteiger partial charge is 0.491 e. The van der Waals surface area contributed by atoms with E-state index in [1.165, 1.54) is 12.1 Å². The van der Waals surface area contributed by atoms with E-state index in [0.29, 0.717) is 17.3 Å². The highest BCUT2D eigenvalue weighted by Crippen LogP contribution is 2.36. The number of anilines is 1. The first-order chi connectivity index (χ1) is 9.65. The molecule has 1 atom stereocenters. The molecule has 0 radical (unpaired) electrons. The minimum Gasteiger partial charge on any atom is -0.491 e. The van der Waals surface area contributed by atoms with Crippen molar-refractivity contribution in [3.05, 3.63) is 63.2 Å². The average molecular weight is 291 g/mol. The van der Waals surface area contributed by atoms with E-state index < -0.39 is 4.92 Å². The predicted molar refractivity (Wildman–Crippen MR) is 76.4 cm³/mol. The Morgan fingerprint density at radius 2 is 2.10 bits per heavy atom. The number of halogens is 1. The normalized spacial score (nSPS) is 16.4. The second-order valence-electron chi connectivity index (χ2n) is 4.47. The summed E-state index contributed by atoms with van der Waals surface area (Å²) in [5, 5.41) is 14.3. The number of hydrogen-bond acceptors (Lipinski definition) is 4. The highest BCUT2D eigenvalue weighted by atomic mass is 35.5. The van der Waals surface area contributed by atoms with Crippen LogP contribution in [0.15, 0.2) is 42.5 Å². The summed E-state index contributed by atoms with van der Waals surface area (Å²) >= 11 is 6.07. The number of nitrogens with one attached hydrogen (secondary N) is 1. The van der Waals surface area contributed by atoms with Crippen molar-refractivity contribution >= 4 is 23.0 Å². The number of para-hydroxylation sites is 1. The molecule has 0 fully saturated rings. The molecule has 0 aromatic heterocycles. The van der Waals surface area contributed by atoms with E-state index in [1.807, 2.05) is 24.3 Å². The van der Waals surface area contributed by atoms with Gasteiger partial charge in [-0.25, -0.2) is 0 Å². The van der Waals surface area contributed by atoms with E-state index in [-0.39, 0.29) is 11.7 Å². The molecule has 1 heterocycles. The molecule has 2 aromatic rings. The summed E-state index contributed by atoms with van der Waals surface area (Å²) in [6.45, 7) is 0.507. The summed E-state index contributed by atoms with van der Waals surface area (Å²) in [7, 11) is 0. The fraction of sp³-hybridized carbons (Fsp3) is 0.143. The molecular formula is C14H11ClN2O3. The number of rotatable bonds is 3. The fourth-order valence-electron chi connectivity index (χ4n) is 2.20. The van der Waals surface area contributed by atoms with E-state index in [4.69, 9.17) is 16.3 Å². The van der Waals surface area contributed by atoms with Gasteiger partial charge in [0.05, 0.1) is 21.7 Å². The highest BCUT2D eigenvalue weighted by molar-refractivity contribution is 6.33. The number of nitro groups is 1. The Bertz CT molecular complexity index is 675. The number of fused-ring (bicyclic) bond motifs is 1. The van der Waals surface area contributed by atoms with Crippen molar-refractivity contribution in [2.24, 2.45) is 0 Å². The minimum absolute atomic E-state index is 0.00911. The van der Waals surface area contributed by atoms with Crippen molar-refractivity contribution in [2.45, 2.75) is 6.04 Å². The molecule has 0 saturated heterocycles. The quantitative estimate of drug-likeness (QED) is 0.690. The average Bonchev–Trinajstić information content (AvgIpc) is 2.84. The topological polar surface area (TPSA) is 64.4 Å². The van der Waals surface area contributed by atoms with Crippen molar-refractivity contribution in [2.75, 3.05) is 11.9 Å². The standard InChI is InChI=1S/C14H11ClN2O3/c15-11-7-9(17(18)19)5-6-12(11)16-13-8-20-14-4-2-1-3-10(13)14/h1-7,13,16H,8H2. The van der Waals surface area contributed by atoms with Crippen LogP contribution in [-0.2, 0) is 0 Å². The number of hydrogen-bond donors (Lipinski definition) is 1. The number of nitro benzene ring substituents is 1. The smallest absolute Gasteiger partial charge is 0.271 e. The van der Waals surface area contributed by atoms with Gasteiger partial charge in [0.2, 0.25) is 0 Å². The van der Waals surface area contributed by atoms with Crippen LogP contribution in [0.4, 0.5) is 11.4 Å². The summed E-state index contributed by atoms with van der Waals surface area (Å²) in [6.07, 6.45) is 0. The van der Waals surface area contributed by atoms with Gasteiger partial charge in [0.1, 0.15) is 12.4 Å². The molecule has 0 aliphatic carbocycles. The minimum atomic E-state index is -0.469. The molecule has 2 aromatic carbocycles. The SMILES string of the molecule is O=[N+]([O-])c1ccc(NC2COc3ccccc32)c(Cl)c1. The molecule has 0 spiro atoms. The van der Waals surface area contributed by atoms with E-state index in [2.05, 4.69) is 5.32 Å². The first kappa shape index (κ1) is 12.7. The number of nitrogens with zero attached hydrogens (tertiary/aromatic N) is 1. The van der Waals surface area contributed by atoms with Crippen LogP contribution in [0.25, 0.3) is 0 Å². The van der Waals surface area contributed by atoms with Crippen molar-refractivity contribution in [3.63, 3.8) is 0 Å². The van der Waals surface area contributed by atoms with E-state index in [9.17, 15) is 10.1 Å².